The molecule has 1 atom stereocenters. The summed E-state index contributed by atoms with van der Waals surface area (Å²) in [5, 5.41) is 0. The maximum absolute atomic E-state index is 5.58. The van der Waals surface area contributed by atoms with Crippen molar-refractivity contribution >= 4 is 11.6 Å². The van der Waals surface area contributed by atoms with Gasteiger partial charge >= 0.3 is 0 Å². The van der Waals surface area contributed by atoms with Gasteiger partial charge in [-0.1, -0.05) is 13.8 Å². The zero-order valence-corrected chi connectivity index (χ0v) is 13.0. The number of rotatable bonds is 4. The lowest BCUT2D eigenvalue weighted by Crippen LogP contribution is -2.51. The Balaban J connectivity index is 2.32. The molecular formula is C14H26N6. The SMILES string of the molecule is CCc1nc(NN)c(C)c(N2CCN(C)C(CC)C2)n1. The third kappa shape index (κ3) is 2.86. The molecule has 0 radical (unpaired) electrons. The first-order chi connectivity index (χ1) is 9.60. The van der Waals surface area contributed by atoms with Crippen LogP contribution in [0.1, 0.15) is 31.7 Å². The Bertz CT molecular complexity index is 461. The summed E-state index contributed by atoms with van der Waals surface area (Å²) in [6.45, 7) is 9.41. The first-order valence-corrected chi connectivity index (χ1v) is 7.40. The smallest absolute Gasteiger partial charge is 0.148 e. The molecule has 1 fully saturated rings. The number of nitrogen functional groups attached to an aromatic ring is 1. The third-order valence-electron chi connectivity index (χ3n) is 4.17. The van der Waals surface area contributed by atoms with Crippen molar-refractivity contribution < 1.29 is 0 Å². The van der Waals surface area contributed by atoms with Crippen molar-refractivity contribution in [2.75, 3.05) is 37.0 Å². The summed E-state index contributed by atoms with van der Waals surface area (Å²) in [6.07, 6.45) is 1.96. The highest BCUT2D eigenvalue weighted by Gasteiger charge is 2.25. The lowest BCUT2D eigenvalue weighted by atomic mass is 10.1. The minimum absolute atomic E-state index is 0.581. The lowest BCUT2D eigenvalue weighted by Gasteiger charge is -2.40. The van der Waals surface area contributed by atoms with Crippen LogP contribution >= 0.6 is 0 Å². The van der Waals surface area contributed by atoms with Crippen LogP contribution < -0.4 is 16.2 Å². The number of aryl methyl sites for hydroxylation is 1. The van der Waals surface area contributed by atoms with Gasteiger partial charge in [0.25, 0.3) is 0 Å². The summed E-state index contributed by atoms with van der Waals surface area (Å²) in [5.41, 5.74) is 3.73. The molecule has 6 nitrogen and oxygen atoms in total. The van der Waals surface area contributed by atoms with Crippen LogP contribution in [0.5, 0.6) is 0 Å². The summed E-state index contributed by atoms with van der Waals surface area (Å²) in [5.74, 6) is 8.18. The van der Waals surface area contributed by atoms with E-state index in [2.05, 4.69) is 41.1 Å². The van der Waals surface area contributed by atoms with Gasteiger partial charge in [-0.15, -0.1) is 0 Å². The Kier molecular flexibility index (Phi) is 4.77. The van der Waals surface area contributed by atoms with Crippen LogP contribution in [-0.2, 0) is 6.42 Å². The van der Waals surface area contributed by atoms with Crippen molar-refractivity contribution in [3.63, 3.8) is 0 Å². The predicted octanol–water partition coefficient (Wildman–Crippen LogP) is 1.16. The number of piperazine rings is 1. The number of hydrogen-bond acceptors (Lipinski definition) is 6. The maximum Gasteiger partial charge on any atom is 0.148 e. The molecule has 1 aromatic rings. The van der Waals surface area contributed by atoms with E-state index in [-0.39, 0.29) is 0 Å². The Morgan fingerprint density at radius 3 is 2.65 bits per heavy atom. The van der Waals surface area contributed by atoms with Crippen LogP contribution in [0.4, 0.5) is 11.6 Å². The molecule has 1 aliphatic rings. The quantitative estimate of drug-likeness (QED) is 0.636. The zero-order valence-electron chi connectivity index (χ0n) is 13.0. The molecule has 2 heterocycles. The Morgan fingerprint density at radius 2 is 2.05 bits per heavy atom. The van der Waals surface area contributed by atoms with Crippen LogP contribution in [0.25, 0.3) is 0 Å². The van der Waals surface area contributed by atoms with Crippen molar-refractivity contribution in [2.24, 2.45) is 5.84 Å². The highest BCUT2D eigenvalue weighted by molar-refractivity contribution is 5.58. The van der Waals surface area contributed by atoms with Gasteiger partial charge in [0.15, 0.2) is 0 Å². The van der Waals surface area contributed by atoms with E-state index in [0.717, 1.165) is 55.5 Å². The third-order valence-corrected chi connectivity index (χ3v) is 4.17. The van der Waals surface area contributed by atoms with Gasteiger partial charge in [0.2, 0.25) is 0 Å². The van der Waals surface area contributed by atoms with Gasteiger partial charge in [0.1, 0.15) is 17.5 Å². The van der Waals surface area contributed by atoms with E-state index in [0.29, 0.717) is 6.04 Å². The fourth-order valence-electron chi connectivity index (χ4n) is 2.74. The zero-order chi connectivity index (χ0) is 14.7. The van der Waals surface area contributed by atoms with Gasteiger partial charge in [-0.25, -0.2) is 15.8 Å². The molecule has 0 bridgehead atoms. The summed E-state index contributed by atoms with van der Waals surface area (Å²) >= 11 is 0. The number of anilines is 2. The number of likely N-dealkylation sites (N-methyl/N-ethyl adjacent to an activating group) is 1. The van der Waals surface area contributed by atoms with Crippen molar-refractivity contribution in [2.45, 2.75) is 39.7 Å². The molecule has 0 aliphatic carbocycles. The van der Waals surface area contributed by atoms with E-state index in [4.69, 9.17) is 10.8 Å². The summed E-state index contributed by atoms with van der Waals surface area (Å²) in [7, 11) is 2.20. The number of hydrogen-bond donors (Lipinski definition) is 2. The molecule has 20 heavy (non-hydrogen) atoms. The predicted molar refractivity (Wildman–Crippen MR) is 82.9 cm³/mol. The minimum Gasteiger partial charge on any atom is -0.353 e. The molecule has 3 N–H and O–H groups in total. The molecule has 0 aromatic carbocycles. The van der Waals surface area contributed by atoms with Crippen molar-refractivity contribution in [3.8, 4) is 0 Å². The fraction of sp³-hybridized carbons (Fsp3) is 0.714. The van der Waals surface area contributed by atoms with Gasteiger partial charge in [-0.2, -0.15) is 0 Å². The summed E-state index contributed by atoms with van der Waals surface area (Å²) in [6, 6.07) is 0.581. The molecule has 0 amide bonds. The molecule has 1 aromatic heterocycles. The van der Waals surface area contributed by atoms with E-state index < -0.39 is 0 Å². The molecular weight excluding hydrogens is 252 g/mol. The van der Waals surface area contributed by atoms with E-state index >= 15 is 0 Å². The Morgan fingerprint density at radius 1 is 1.30 bits per heavy atom. The second-order valence-electron chi connectivity index (χ2n) is 5.42. The van der Waals surface area contributed by atoms with Crippen LogP contribution in [0.15, 0.2) is 0 Å². The average Bonchev–Trinajstić information content (AvgIpc) is 2.48. The highest BCUT2D eigenvalue weighted by Crippen LogP contribution is 2.25. The Hall–Kier alpha value is -1.40. The monoisotopic (exact) mass is 278 g/mol. The molecule has 1 saturated heterocycles. The first kappa shape index (κ1) is 15.0. The van der Waals surface area contributed by atoms with E-state index in [1.807, 2.05) is 6.92 Å². The summed E-state index contributed by atoms with van der Waals surface area (Å²) in [4.78, 5) is 13.9. The second kappa shape index (κ2) is 6.37. The van der Waals surface area contributed by atoms with Crippen LogP contribution in [0, 0.1) is 6.92 Å². The standard InChI is InChI=1S/C14H26N6/c1-5-11-9-20(8-7-19(11)4)14-10(3)13(18-15)16-12(6-2)17-14/h11H,5-9,15H2,1-4H3,(H,16,17,18). The number of nitrogens with one attached hydrogen (secondary N) is 1. The van der Waals surface area contributed by atoms with E-state index in [1.165, 1.54) is 0 Å². The normalized spacial score (nSPS) is 20.2. The van der Waals surface area contributed by atoms with Crippen LogP contribution in [-0.4, -0.2) is 47.6 Å². The van der Waals surface area contributed by atoms with Gasteiger partial charge in [-0.05, 0) is 20.4 Å². The van der Waals surface area contributed by atoms with Gasteiger partial charge in [0, 0.05) is 37.7 Å². The van der Waals surface area contributed by atoms with Crippen molar-refractivity contribution in [1.29, 1.82) is 0 Å². The van der Waals surface area contributed by atoms with Crippen molar-refractivity contribution in [3.05, 3.63) is 11.4 Å². The molecule has 0 saturated carbocycles. The summed E-state index contributed by atoms with van der Waals surface area (Å²) < 4.78 is 0. The van der Waals surface area contributed by atoms with Gasteiger partial charge < -0.3 is 10.3 Å². The largest absolute Gasteiger partial charge is 0.353 e. The number of nitrogens with two attached hydrogens (primary N) is 1. The first-order valence-electron chi connectivity index (χ1n) is 7.40. The van der Waals surface area contributed by atoms with E-state index in [9.17, 15) is 0 Å². The average molecular weight is 278 g/mol. The molecule has 1 aliphatic heterocycles. The molecule has 2 rings (SSSR count). The molecule has 1 unspecified atom stereocenters. The number of nitrogens with zero attached hydrogens (tertiary/aromatic N) is 4. The van der Waals surface area contributed by atoms with Gasteiger partial charge in [-0.3, -0.25) is 4.90 Å². The fourth-order valence-corrected chi connectivity index (χ4v) is 2.74. The molecule has 6 heteroatoms. The van der Waals surface area contributed by atoms with Crippen molar-refractivity contribution in [1.82, 2.24) is 14.9 Å². The number of hydrazine groups is 1. The van der Waals surface area contributed by atoms with E-state index in [1.54, 1.807) is 0 Å². The molecule has 112 valence electrons. The van der Waals surface area contributed by atoms with Crippen LogP contribution in [0.3, 0.4) is 0 Å². The maximum atomic E-state index is 5.58. The second-order valence-corrected chi connectivity index (χ2v) is 5.42. The van der Waals surface area contributed by atoms with Gasteiger partial charge in [0.05, 0.1) is 0 Å². The van der Waals surface area contributed by atoms with Crippen LogP contribution in [0.2, 0.25) is 0 Å². The Labute approximate surface area is 121 Å². The topological polar surface area (TPSA) is 70.3 Å². The number of aromatic nitrogens is 2. The molecule has 0 spiro atoms. The highest BCUT2D eigenvalue weighted by atomic mass is 15.3. The minimum atomic E-state index is 0.581. The lowest BCUT2D eigenvalue weighted by molar-refractivity contribution is 0.212.